The van der Waals surface area contributed by atoms with Gasteiger partial charge in [0.2, 0.25) is 0 Å². The maximum Gasteiger partial charge on any atom is 0.416 e. The van der Waals surface area contributed by atoms with Gasteiger partial charge in [0.15, 0.2) is 16.2 Å². The lowest BCUT2D eigenvalue weighted by molar-refractivity contribution is -0.144. The zero-order valence-corrected chi connectivity index (χ0v) is 33.0. The molecular formula is C36H45F12N7S2. The highest BCUT2D eigenvalue weighted by molar-refractivity contribution is 7.80. The number of nitrogens with zero attached hydrogens (tertiary/aromatic N) is 2. The highest BCUT2D eigenvalue weighted by atomic mass is 32.1. The predicted octanol–water partition coefficient (Wildman–Crippen LogP) is 10.3. The van der Waals surface area contributed by atoms with Crippen LogP contribution in [0.3, 0.4) is 0 Å². The lowest BCUT2D eigenvalue weighted by Crippen LogP contribution is -2.47. The molecule has 0 bridgehead atoms. The maximum atomic E-state index is 13.4. The van der Waals surface area contributed by atoms with Gasteiger partial charge >= 0.3 is 24.7 Å². The van der Waals surface area contributed by atoms with Gasteiger partial charge in [0.05, 0.1) is 22.3 Å². The van der Waals surface area contributed by atoms with Crippen LogP contribution in [0.5, 0.6) is 0 Å². The Hall–Kier alpha value is -3.75. The Labute approximate surface area is 333 Å². The van der Waals surface area contributed by atoms with Gasteiger partial charge in [-0.05, 0) is 105 Å². The van der Waals surface area contributed by atoms with Crippen LogP contribution in [0.1, 0.15) is 82.1 Å². The van der Waals surface area contributed by atoms with Crippen LogP contribution in [0.4, 0.5) is 64.1 Å². The molecule has 5 N–H and O–H groups in total. The van der Waals surface area contributed by atoms with Crippen LogP contribution in [0, 0.1) is 11.8 Å². The van der Waals surface area contributed by atoms with E-state index in [0.717, 1.165) is 32.4 Å². The first-order chi connectivity index (χ1) is 26.2. The molecule has 1 fully saturated rings. The van der Waals surface area contributed by atoms with Gasteiger partial charge in [0.25, 0.3) is 0 Å². The molecule has 0 aromatic heterocycles. The van der Waals surface area contributed by atoms with Crippen LogP contribution in [0.25, 0.3) is 0 Å². The molecular weight excluding hydrogens is 823 g/mol. The molecule has 0 radical (unpaired) electrons. The van der Waals surface area contributed by atoms with Crippen LogP contribution in [-0.2, 0) is 24.7 Å². The second kappa shape index (κ2) is 19.8. The summed E-state index contributed by atoms with van der Waals surface area (Å²) in [5, 5.41) is 13.9. The monoisotopic (exact) mass is 867 g/mol. The molecule has 1 aliphatic rings. The maximum absolute atomic E-state index is 13.4. The van der Waals surface area contributed by atoms with Gasteiger partial charge in [0.1, 0.15) is 0 Å². The SMILES string of the molecule is CC(C)[C@@H](CCN=C(NCC[C@@H](NC(=S)Nc1cc(C(F)(F)F)cc(C(F)(F)F)c1)C(C)C)N1CCCCC1)NC(=S)Nc1cc(C(F)(F)F)cc(C(F)(F)F)c1. The number of anilines is 2. The summed E-state index contributed by atoms with van der Waals surface area (Å²) in [4.78, 5) is 6.87. The lowest BCUT2D eigenvalue weighted by Gasteiger charge is -2.31. The molecule has 320 valence electrons. The van der Waals surface area contributed by atoms with Crippen molar-refractivity contribution in [3.05, 3.63) is 58.7 Å². The van der Waals surface area contributed by atoms with E-state index in [9.17, 15) is 52.7 Å². The zero-order valence-electron chi connectivity index (χ0n) is 31.4. The van der Waals surface area contributed by atoms with Crippen molar-refractivity contribution >= 4 is 52.0 Å². The molecule has 0 saturated carbocycles. The van der Waals surface area contributed by atoms with Gasteiger partial charge in [-0.15, -0.1) is 0 Å². The normalized spacial score (nSPS) is 15.7. The van der Waals surface area contributed by atoms with Crippen molar-refractivity contribution in [2.75, 3.05) is 36.8 Å². The minimum atomic E-state index is -5.02. The number of alkyl halides is 12. The third kappa shape index (κ3) is 15.5. The Morgan fingerprint density at radius 1 is 0.596 bits per heavy atom. The van der Waals surface area contributed by atoms with Gasteiger partial charge in [-0.25, -0.2) is 0 Å². The summed E-state index contributed by atoms with van der Waals surface area (Å²) in [6.07, 6.45) is -16.4. The van der Waals surface area contributed by atoms with Crippen LogP contribution in [0.2, 0.25) is 0 Å². The number of hydrogen-bond acceptors (Lipinski definition) is 3. The lowest BCUT2D eigenvalue weighted by atomic mass is 10.0. The molecule has 2 aromatic rings. The molecule has 7 nitrogen and oxygen atoms in total. The average molecular weight is 868 g/mol. The van der Waals surface area contributed by atoms with E-state index in [-0.39, 0.29) is 52.8 Å². The van der Waals surface area contributed by atoms with Crippen LogP contribution in [0.15, 0.2) is 41.4 Å². The molecule has 0 amide bonds. The molecule has 1 heterocycles. The fraction of sp³-hybridized carbons (Fsp3) is 0.583. The summed E-state index contributed by atoms with van der Waals surface area (Å²) in [7, 11) is 0. The Kier molecular flexibility index (Phi) is 16.5. The molecule has 1 aliphatic heterocycles. The van der Waals surface area contributed by atoms with Crippen LogP contribution < -0.4 is 26.6 Å². The minimum absolute atomic E-state index is 0.0271. The number of halogens is 12. The number of likely N-dealkylation sites (tertiary alicyclic amines) is 1. The number of guanidine groups is 1. The molecule has 57 heavy (non-hydrogen) atoms. The second-order valence-corrected chi connectivity index (χ2v) is 15.1. The molecule has 0 unspecified atom stereocenters. The standard InChI is InChI=1S/C36H45F12N7S2/c1-20(2)28(53-31(56)51-26-16-22(33(37,38)39)14-23(17-26)34(40,41)42)8-10-49-30(55-12-6-5-7-13-55)50-11-9-29(21(3)4)54-32(57)52-27-18-24(35(43,44)45)15-25(19-27)36(46,47)48/h14-21,28-29H,5-13H2,1-4H3,(H,49,50)(H2,51,53,56)(H2,52,54,57)/t28-,29-/m1/s1. The number of thiocarbonyl (C=S) groups is 2. The van der Waals surface area contributed by atoms with E-state index in [1.54, 1.807) is 0 Å². The van der Waals surface area contributed by atoms with E-state index < -0.39 is 58.3 Å². The molecule has 2 atom stereocenters. The van der Waals surface area contributed by atoms with Gasteiger partial charge in [-0.3, -0.25) is 4.99 Å². The molecule has 21 heteroatoms. The van der Waals surface area contributed by atoms with E-state index >= 15 is 0 Å². The molecule has 2 aromatic carbocycles. The van der Waals surface area contributed by atoms with Crippen molar-refractivity contribution in [1.82, 2.24) is 20.9 Å². The minimum Gasteiger partial charge on any atom is -0.359 e. The Morgan fingerprint density at radius 3 is 1.32 bits per heavy atom. The first kappa shape index (κ1) is 47.6. The largest absolute Gasteiger partial charge is 0.416 e. The molecule has 3 rings (SSSR count). The Morgan fingerprint density at radius 2 is 0.965 bits per heavy atom. The first-order valence-corrected chi connectivity index (χ1v) is 18.8. The van der Waals surface area contributed by atoms with E-state index in [0.29, 0.717) is 49.6 Å². The second-order valence-electron chi connectivity index (χ2n) is 14.2. The van der Waals surface area contributed by atoms with Crippen molar-refractivity contribution in [1.29, 1.82) is 0 Å². The number of rotatable bonds is 12. The van der Waals surface area contributed by atoms with E-state index in [2.05, 4.69) is 31.5 Å². The average Bonchev–Trinajstić information content (AvgIpc) is 3.08. The van der Waals surface area contributed by atoms with E-state index in [1.807, 2.05) is 27.7 Å². The fourth-order valence-corrected chi connectivity index (χ4v) is 6.43. The molecule has 0 aliphatic carbocycles. The number of benzene rings is 2. The van der Waals surface area contributed by atoms with E-state index in [4.69, 9.17) is 29.4 Å². The summed E-state index contributed by atoms with van der Waals surface area (Å²) in [6.45, 7) is 9.51. The van der Waals surface area contributed by atoms with Gasteiger partial charge in [-0.2, -0.15) is 52.7 Å². The van der Waals surface area contributed by atoms with Crippen LogP contribution in [-0.4, -0.2) is 59.3 Å². The third-order valence-corrected chi connectivity index (χ3v) is 9.47. The van der Waals surface area contributed by atoms with Gasteiger partial charge in [-0.1, -0.05) is 27.7 Å². The fourth-order valence-electron chi connectivity index (χ4n) is 5.89. The van der Waals surface area contributed by atoms with Gasteiger partial charge < -0.3 is 31.5 Å². The summed E-state index contributed by atoms with van der Waals surface area (Å²) >= 11 is 10.5. The summed E-state index contributed by atoms with van der Waals surface area (Å²) < 4.78 is 160. The Bertz CT molecular complexity index is 1620. The van der Waals surface area contributed by atoms with Crippen molar-refractivity contribution in [2.45, 2.75) is 96.6 Å². The van der Waals surface area contributed by atoms with Crippen molar-refractivity contribution in [2.24, 2.45) is 16.8 Å². The van der Waals surface area contributed by atoms with Crippen molar-refractivity contribution < 1.29 is 52.7 Å². The third-order valence-electron chi connectivity index (χ3n) is 9.03. The number of hydrogen-bond donors (Lipinski definition) is 5. The summed E-state index contributed by atoms with van der Waals surface area (Å²) in [5.74, 6) is 0.443. The zero-order chi connectivity index (χ0) is 42.9. The molecule has 1 saturated heterocycles. The number of piperidine rings is 1. The summed E-state index contributed by atoms with van der Waals surface area (Å²) in [6, 6.07) is 1.49. The first-order valence-electron chi connectivity index (χ1n) is 18.0. The Balaban J connectivity index is 1.67. The predicted molar refractivity (Wildman–Crippen MR) is 204 cm³/mol. The number of nitrogens with one attached hydrogen (secondary N) is 5. The number of aliphatic imine (C=N–C) groups is 1. The molecule has 0 spiro atoms. The highest BCUT2D eigenvalue weighted by Gasteiger charge is 2.38. The quantitative estimate of drug-likeness (QED) is 0.0625. The van der Waals surface area contributed by atoms with E-state index in [1.165, 1.54) is 0 Å². The van der Waals surface area contributed by atoms with Crippen molar-refractivity contribution in [3.63, 3.8) is 0 Å². The summed E-state index contributed by atoms with van der Waals surface area (Å²) in [5.41, 5.74) is -6.89. The topological polar surface area (TPSA) is 75.8 Å². The highest BCUT2D eigenvalue weighted by Crippen LogP contribution is 2.39. The van der Waals surface area contributed by atoms with Gasteiger partial charge in [0, 0.05) is 49.6 Å². The van der Waals surface area contributed by atoms with Crippen LogP contribution >= 0.6 is 24.4 Å². The van der Waals surface area contributed by atoms with Crippen molar-refractivity contribution in [3.8, 4) is 0 Å². The smallest absolute Gasteiger partial charge is 0.359 e.